The lowest BCUT2D eigenvalue weighted by atomic mass is 9.99. The number of anilines is 1. The Balaban J connectivity index is 1.52. The lowest BCUT2D eigenvalue weighted by Gasteiger charge is -2.23. The third-order valence-corrected chi connectivity index (χ3v) is 5.74. The van der Waals surface area contributed by atoms with E-state index >= 15 is 0 Å². The van der Waals surface area contributed by atoms with E-state index in [0.29, 0.717) is 24.5 Å². The highest BCUT2D eigenvalue weighted by molar-refractivity contribution is 6.33. The molecule has 1 atom stereocenters. The average Bonchev–Trinajstić information content (AvgIpc) is 3.43. The number of pyridine rings is 1. The second kappa shape index (κ2) is 6.32. The summed E-state index contributed by atoms with van der Waals surface area (Å²) >= 11 is 6.48. The molecule has 0 aliphatic carbocycles. The molecule has 0 radical (unpaired) electrons. The number of hydrogen-bond donors (Lipinski definition) is 2. The van der Waals surface area contributed by atoms with Gasteiger partial charge in [0.25, 0.3) is 0 Å². The van der Waals surface area contributed by atoms with E-state index < -0.39 is 5.60 Å². The third-order valence-electron chi connectivity index (χ3n) is 5.44. The van der Waals surface area contributed by atoms with Crippen LogP contribution < -0.4 is 4.90 Å². The predicted molar refractivity (Wildman–Crippen MR) is 108 cm³/mol. The number of nitrogens with one attached hydrogen (secondary N) is 1. The van der Waals surface area contributed by atoms with Crippen molar-refractivity contribution >= 4 is 28.5 Å². The second-order valence-electron chi connectivity index (χ2n) is 7.18. The van der Waals surface area contributed by atoms with Crippen molar-refractivity contribution in [3.63, 3.8) is 0 Å². The van der Waals surface area contributed by atoms with Crippen LogP contribution in [0.25, 0.3) is 22.4 Å². The van der Waals surface area contributed by atoms with Gasteiger partial charge in [0.1, 0.15) is 17.2 Å². The Morgan fingerprint density at radius 2 is 2.11 bits per heavy atom. The fourth-order valence-electron chi connectivity index (χ4n) is 3.88. The van der Waals surface area contributed by atoms with Crippen molar-refractivity contribution in [2.75, 3.05) is 18.0 Å². The Morgan fingerprint density at radius 3 is 2.89 bits per heavy atom. The van der Waals surface area contributed by atoms with Crippen LogP contribution in [0, 0.1) is 0 Å². The summed E-state index contributed by atoms with van der Waals surface area (Å²) in [4.78, 5) is 11.3. The van der Waals surface area contributed by atoms with Gasteiger partial charge < -0.3 is 14.6 Å². The molecule has 4 heterocycles. The van der Waals surface area contributed by atoms with Gasteiger partial charge in [0.15, 0.2) is 0 Å². The number of aliphatic hydroxyl groups is 1. The number of nitrogens with zero attached hydrogens (tertiary/aromatic N) is 5. The molecule has 0 saturated carbocycles. The number of imidazole rings is 1. The molecule has 2 N–H and O–H groups in total. The minimum atomic E-state index is -0.962. The van der Waals surface area contributed by atoms with Gasteiger partial charge in [-0.3, -0.25) is 5.10 Å². The van der Waals surface area contributed by atoms with Crippen molar-refractivity contribution in [1.29, 1.82) is 0 Å². The first-order valence-corrected chi connectivity index (χ1v) is 9.47. The Labute approximate surface area is 166 Å². The van der Waals surface area contributed by atoms with Crippen LogP contribution >= 0.6 is 11.6 Å². The van der Waals surface area contributed by atoms with Gasteiger partial charge in [0.2, 0.25) is 0 Å². The lowest BCUT2D eigenvalue weighted by molar-refractivity contribution is 0.0560. The number of rotatable bonds is 3. The summed E-state index contributed by atoms with van der Waals surface area (Å²) in [5.41, 5.74) is 2.54. The monoisotopic (exact) mass is 394 g/mol. The Hall–Kier alpha value is -2.90. The molecule has 7 nitrogen and oxygen atoms in total. The summed E-state index contributed by atoms with van der Waals surface area (Å²) in [5, 5.41) is 18.4. The van der Waals surface area contributed by atoms with E-state index in [-0.39, 0.29) is 0 Å². The number of aromatic amines is 1. The molecule has 0 amide bonds. The summed E-state index contributed by atoms with van der Waals surface area (Å²) in [6, 6.07) is 11.7. The van der Waals surface area contributed by atoms with Crippen molar-refractivity contribution < 1.29 is 5.11 Å². The van der Waals surface area contributed by atoms with Gasteiger partial charge in [-0.05, 0) is 24.3 Å². The number of fused-ring (bicyclic) bond motifs is 1. The van der Waals surface area contributed by atoms with Gasteiger partial charge in [0.05, 0.1) is 28.3 Å². The fraction of sp³-hybridized carbons (Fsp3) is 0.250. The minimum Gasteiger partial charge on any atom is -0.382 e. The van der Waals surface area contributed by atoms with E-state index in [0.717, 1.165) is 33.9 Å². The molecule has 1 fully saturated rings. The van der Waals surface area contributed by atoms with Gasteiger partial charge >= 0.3 is 0 Å². The van der Waals surface area contributed by atoms with Crippen LogP contribution in [0.4, 0.5) is 5.82 Å². The summed E-state index contributed by atoms with van der Waals surface area (Å²) < 4.78 is 2.03. The Morgan fingerprint density at radius 1 is 1.25 bits per heavy atom. The molecule has 8 heteroatoms. The number of β-amino-alcohol motifs (C(OH)–C–C–N with tert-alkyl or cyclic N) is 1. The van der Waals surface area contributed by atoms with Crippen LogP contribution in [0.1, 0.15) is 12.1 Å². The van der Waals surface area contributed by atoms with Crippen LogP contribution in [-0.2, 0) is 12.6 Å². The number of benzene rings is 1. The normalized spacial score (nSPS) is 19.6. The molecule has 1 aromatic carbocycles. The summed E-state index contributed by atoms with van der Waals surface area (Å²) in [6.07, 6.45) is 3.90. The quantitative estimate of drug-likeness (QED) is 0.558. The summed E-state index contributed by atoms with van der Waals surface area (Å²) in [5.74, 6) is 1.56. The van der Waals surface area contributed by atoms with Crippen LogP contribution in [0.3, 0.4) is 0 Å². The number of aromatic nitrogens is 5. The zero-order valence-corrected chi connectivity index (χ0v) is 16.1. The molecule has 1 saturated heterocycles. The number of halogens is 1. The first-order valence-electron chi connectivity index (χ1n) is 9.10. The van der Waals surface area contributed by atoms with Crippen molar-refractivity contribution in [3.05, 3.63) is 59.5 Å². The van der Waals surface area contributed by atoms with E-state index in [1.807, 2.05) is 48.0 Å². The fourth-order valence-corrected chi connectivity index (χ4v) is 4.07. The first-order chi connectivity index (χ1) is 13.5. The molecule has 142 valence electrons. The zero-order valence-electron chi connectivity index (χ0n) is 15.3. The molecule has 28 heavy (non-hydrogen) atoms. The zero-order chi connectivity index (χ0) is 19.3. The molecular weight excluding hydrogens is 376 g/mol. The SMILES string of the molecule is Cn1c(-c2cc(N3CCC(O)(c4ccn[nH]4)C3)ncc2Cl)nc2ccccc21. The Kier molecular flexibility index (Phi) is 3.89. The maximum Gasteiger partial charge on any atom is 0.142 e. The van der Waals surface area contributed by atoms with Crippen molar-refractivity contribution in [3.8, 4) is 11.4 Å². The van der Waals surface area contributed by atoms with E-state index in [4.69, 9.17) is 16.6 Å². The Bertz CT molecular complexity index is 1150. The molecule has 4 aromatic rings. The van der Waals surface area contributed by atoms with Gasteiger partial charge in [0, 0.05) is 38.0 Å². The second-order valence-corrected chi connectivity index (χ2v) is 7.59. The van der Waals surface area contributed by atoms with Gasteiger partial charge in [-0.2, -0.15) is 5.10 Å². The highest BCUT2D eigenvalue weighted by Crippen LogP contribution is 2.36. The highest BCUT2D eigenvalue weighted by Gasteiger charge is 2.39. The topological polar surface area (TPSA) is 82.9 Å². The van der Waals surface area contributed by atoms with Gasteiger partial charge in [-0.25, -0.2) is 9.97 Å². The molecule has 5 rings (SSSR count). The molecule has 0 spiro atoms. The van der Waals surface area contributed by atoms with E-state index in [2.05, 4.69) is 20.1 Å². The summed E-state index contributed by atoms with van der Waals surface area (Å²) in [6.45, 7) is 1.12. The van der Waals surface area contributed by atoms with Crippen LogP contribution in [0.2, 0.25) is 5.02 Å². The third kappa shape index (κ3) is 2.66. The molecule has 1 aliphatic heterocycles. The van der Waals surface area contributed by atoms with E-state index in [1.54, 1.807) is 12.4 Å². The van der Waals surface area contributed by atoms with Crippen molar-refractivity contribution in [2.24, 2.45) is 7.05 Å². The standard InChI is InChI=1S/C20H19ClN6O/c1-26-16-5-3-2-4-15(16)24-19(26)13-10-18(22-11-14(13)21)27-9-7-20(28,12-27)17-6-8-23-25-17/h2-6,8,10-11,28H,7,9,12H2,1H3,(H,23,25). The average molecular weight is 395 g/mol. The summed E-state index contributed by atoms with van der Waals surface area (Å²) in [7, 11) is 1.98. The highest BCUT2D eigenvalue weighted by atomic mass is 35.5. The van der Waals surface area contributed by atoms with Crippen molar-refractivity contribution in [2.45, 2.75) is 12.0 Å². The maximum absolute atomic E-state index is 11.0. The minimum absolute atomic E-state index is 0.436. The molecule has 0 bridgehead atoms. The maximum atomic E-state index is 11.0. The smallest absolute Gasteiger partial charge is 0.142 e. The molecule has 1 aliphatic rings. The van der Waals surface area contributed by atoms with Gasteiger partial charge in [-0.1, -0.05) is 23.7 Å². The van der Waals surface area contributed by atoms with E-state index in [9.17, 15) is 5.11 Å². The van der Waals surface area contributed by atoms with Crippen LogP contribution in [0.5, 0.6) is 0 Å². The number of H-pyrrole nitrogens is 1. The number of aryl methyl sites for hydroxylation is 1. The molecular formula is C20H19ClN6O. The van der Waals surface area contributed by atoms with Crippen LogP contribution in [-0.4, -0.2) is 42.9 Å². The van der Waals surface area contributed by atoms with Crippen molar-refractivity contribution in [1.82, 2.24) is 24.7 Å². The van der Waals surface area contributed by atoms with E-state index in [1.165, 1.54) is 0 Å². The van der Waals surface area contributed by atoms with Gasteiger partial charge in [-0.15, -0.1) is 0 Å². The van der Waals surface area contributed by atoms with Crippen LogP contribution in [0.15, 0.2) is 48.8 Å². The number of hydrogen-bond acceptors (Lipinski definition) is 5. The largest absolute Gasteiger partial charge is 0.382 e. The number of para-hydroxylation sites is 2. The predicted octanol–water partition coefficient (Wildman–Crippen LogP) is 3.11. The first kappa shape index (κ1) is 17.2. The lowest BCUT2D eigenvalue weighted by Crippen LogP contribution is -2.31. The molecule has 3 aromatic heterocycles. The molecule has 1 unspecified atom stereocenters.